The van der Waals surface area contributed by atoms with Crippen LogP contribution in [0.4, 0.5) is 0 Å². The van der Waals surface area contributed by atoms with Crippen molar-refractivity contribution in [2.24, 2.45) is 0 Å². The molecule has 134 valence electrons. The first-order valence-electron chi connectivity index (χ1n) is 7.96. The number of hydrogen-bond donors (Lipinski definition) is 3. The summed E-state index contributed by atoms with van der Waals surface area (Å²) in [6.07, 6.45) is 5.57. The third-order valence-corrected chi connectivity index (χ3v) is 4.52. The average molecular weight is 375 g/mol. The molecule has 0 amide bonds. The quantitative estimate of drug-likeness (QED) is 0.740. The van der Waals surface area contributed by atoms with E-state index in [1.54, 1.807) is 6.20 Å². The molecule has 0 aromatic carbocycles. The van der Waals surface area contributed by atoms with Gasteiger partial charge < -0.3 is 20.3 Å². The molecule has 2 aliphatic rings. The fraction of sp³-hybridized carbons (Fsp3) is 0.600. The zero-order valence-corrected chi connectivity index (χ0v) is 15.1. The molecule has 24 heavy (non-hydrogen) atoms. The van der Waals surface area contributed by atoms with Crippen LogP contribution in [0.5, 0.6) is 0 Å². The molecule has 1 saturated heterocycles. The van der Waals surface area contributed by atoms with Gasteiger partial charge in [-0.1, -0.05) is 0 Å². The van der Waals surface area contributed by atoms with E-state index in [-0.39, 0.29) is 24.8 Å². The molecule has 4 heterocycles. The Kier molecular flexibility index (Phi) is 6.28. The highest BCUT2D eigenvalue weighted by atomic mass is 35.5. The van der Waals surface area contributed by atoms with E-state index in [0.29, 0.717) is 13.1 Å². The Morgan fingerprint density at radius 2 is 2.12 bits per heavy atom. The Bertz CT molecular complexity index is 641. The maximum absolute atomic E-state index is 10.6. The molecule has 1 fully saturated rings. The molecule has 4 rings (SSSR count). The number of aromatic nitrogens is 4. The van der Waals surface area contributed by atoms with Gasteiger partial charge in [-0.2, -0.15) is 5.10 Å². The van der Waals surface area contributed by atoms with E-state index in [0.717, 1.165) is 50.5 Å². The van der Waals surface area contributed by atoms with Gasteiger partial charge >= 0.3 is 0 Å². The van der Waals surface area contributed by atoms with Crippen molar-refractivity contribution in [1.29, 1.82) is 0 Å². The normalized spacial score (nSPS) is 23.0. The number of aliphatic hydroxyl groups is 1. The molecule has 2 aliphatic heterocycles. The van der Waals surface area contributed by atoms with Gasteiger partial charge in [0.25, 0.3) is 0 Å². The number of hydrogen-bond acceptors (Lipinski definition) is 5. The topological polar surface area (TPSA) is 79.9 Å². The zero-order chi connectivity index (χ0) is 15.0. The van der Waals surface area contributed by atoms with Crippen molar-refractivity contribution in [2.75, 3.05) is 19.6 Å². The van der Waals surface area contributed by atoms with Crippen LogP contribution in [-0.2, 0) is 19.6 Å². The highest BCUT2D eigenvalue weighted by Crippen LogP contribution is 2.23. The van der Waals surface area contributed by atoms with Crippen LogP contribution >= 0.6 is 24.8 Å². The molecule has 7 nitrogen and oxygen atoms in total. The second-order valence-electron chi connectivity index (χ2n) is 6.30. The SMILES string of the molecule is Cl.Cl.OC1(Cn2ccnc2-c2cc3n(n2)CCCNC3)CCNC1. The molecule has 1 atom stereocenters. The van der Waals surface area contributed by atoms with Gasteiger partial charge in [0.15, 0.2) is 5.82 Å². The minimum atomic E-state index is -0.687. The predicted molar refractivity (Wildman–Crippen MR) is 96.7 cm³/mol. The Balaban J connectivity index is 0.00000104. The van der Waals surface area contributed by atoms with Crippen molar-refractivity contribution in [3.8, 4) is 11.5 Å². The average Bonchev–Trinajstić information content (AvgIpc) is 3.18. The van der Waals surface area contributed by atoms with Crippen LogP contribution in [0.2, 0.25) is 0 Å². The van der Waals surface area contributed by atoms with Crippen LogP contribution in [0.1, 0.15) is 18.5 Å². The molecule has 9 heteroatoms. The Labute approximate surface area is 153 Å². The van der Waals surface area contributed by atoms with Crippen LogP contribution in [0.25, 0.3) is 11.5 Å². The van der Waals surface area contributed by atoms with Gasteiger partial charge in [0.1, 0.15) is 5.69 Å². The zero-order valence-electron chi connectivity index (χ0n) is 13.4. The molecule has 0 spiro atoms. The summed E-state index contributed by atoms with van der Waals surface area (Å²) < 4.78 is 4.09. The van der Waals surface area contributed by atoms with E-state index in [4.69, 9.17) is 5.10 Å². The molecular weight excluding hydrogens is 351 g/mol. The molecule has 2 aromatic heterocycles. The lowest BCUT2D eigenvalue weighted by Crippen LogP contribution is -2.36. The third kappa shape index (κ3) is 3.75. The Morgan fingerprint density at radius 1 is 1.25 bits per heavy atom. The van der Waals surface area contributed by atoms with Crippen LogP contribution in [0.15, 0.2) is 18.5 Å². The van der Waals surface area contributed by atoms with Crippen molar-refractivity contribution in [2.45, 2.75) is 38.1 Å². The number of fused-ring (bicyclic) bond motifs is 1. The molecule has 2 aromatic rings. The lowest BCUT2D eigenvalue weighted by Gasteiger charge is -2.22. The van der Waals surface area contributed by atoms with Crippen molar-refractivity contribution >= 4 is 24.8 Å². The monoisotopic (exact) mass is 374 g/mol. The van der Waals surface area contributed by atoms with Crippen LogP contribution in [0, 0.1) is 0 Å². The Hall–Kier alpha value is -1.12. The predicted octanol–water partition coefficient (Wildman–Crippen LogP) is 0.808. The number of β-amino-alcohol motifs (C(OH)–C–C–N with tert-alkyl or cyclic N) is 1. The first kappa shape index (κ1) is 19.2. The fourth-order valence-corrected chi connectivity index (χ4v) is 3.32. The minimum Gasteiger partial charge on any atom is -0.387 e. The van der Waals surface area contributed by atoms with Crippen LogP contribution in [-0.4, -0.2) is 49.7 Å². The van der Waals surface area contributed by atoms with E-state index < -0.39 is 5.60 Å². The second-order valence-corrected chi connectivity index (χ2v) is 6.30. The van der Waals surface area contributed by atoms with Crippen LogP contribution in [0.3, 0.4) is 0 Å². The van der Waals surface area contributed by atoms with Crippen LogP contribution < -0.4 is 10.6 Å². The number of nitrogens with one attached hydrogen (secondary N) is 2. The first-order valence-corrected chi connectivity index (χ1v) is 7.96. The fourth-order valence-electron chi connectivity index (χ4n) is 3.32. The summed E-state index contributed by atoms with van der Waals surface area (Å²) in [5.41, 5.74) is 1.40. The van der Waals surface area contributed by atoms with Gasteiger partial charge in [-0.15, -0.1) is 24.8 Å². The molecule has 0 bridgehead atoms. The summed E-state index contributed by atoms with van der Waals surface area (Å²) in [5.74, 6) is 0.834. The summed E-state index contributed by atoms with van der Waals surface area (Å²) in [7, 11) is 0. The van der Waals surface area contributed by atoms with Gasteiger partial charge in [0.2, 0.25) is 0 Å². The molecular formula is C15H24Cl2N6O. The van der Waals surface area contributed by atoms with E-state index in [2.05, 4.69) is 26.4 Å². The molecule has 0 aliphatic carbocycles. The minimum absolute atomic E-state index is 0. The number of nitrogens with zero attached hydrogens (tertiary/aromatic N) is 4. The number of aryl methyl sites for hydroxylation is 1. The molecule has 3 N–H and O–H groups in total. The summed E-state index contributed by atoms with van der Waals surface area (Å²) in [6, 6.07) is 2.11. The number of imidazole rings is 1. The summed E-state index contributed by atoms with van der Waals surface area (Å²) in [5, 5.41) is 21.9. The molecule has 0 radical (unpaired) electrons. The van der Waals surface area contributed by atoms with Gasteiger partial charge in [-0.25, -0.2) is 4.98 Å². The smallest absolute Gasteiger partial charge is 0.160 e. The lowest BCUT2D eigenvalue weighted by molar-refractivity contribution is 0.0436. The largest absolute Gasteiger partial charge is 0.387 e. The number of halogens is 2. The summed E-state index contributed by atoms with van der Waals surface area (Å²) in [4.78, 5) is 4.46. The third-order valence-electron chi connectivity index (χ3n) is 4.52. The lowest BCUT2D eigenvalue weighted by atomic mass is 10.0. The molecule has 0 saturated carbocycles. The second kappa shape index (κ2) is 7.84. The van der Waals surface area contributed by atoms with Crippen molar-refractivity contribution in [1.82, 2.24) is 30.0 Å². The van der Waals surface area contributed by atoms with Crippen molar-refractivity contribution in [3.05, 3.63) is 24.2 Å². The maximum Gasteiger partial charge on any atom is 0.160 e. The highest BCUT2D eigenvalue weighted by molar-refractivity contribution is 5.85. The van der Waals surface area contributed by atoms with Crippen molar-refractivity contribution in [3.63, 3.8) is 0 Å². The molecule has 1 unspecified atom stereocenters. The van der Waals surface area contributed by atoms with Gasteiger partial charge in [0.05, 0.1) is 17.8 Å². The van der Waals surface area contributed by atoms with Crippen molar-refractivity contribution < 1.29 is 5.11 Å². The summed E-state index contributed by atoms with van der Waals surface area (Å²) >= 11 is 0. The summed E-state index contributed by atoms with van der Waals surface area (Å²) in [6.45, 7) is 4.88. The standard InChI is InChI=1S/C15H22N6O.2ClH/c22-15(2-4-17-10-15)11-20-7-5-18-14(20)13-8-12-9-16-3-1-6-21(12)19-13;;/h5,7-8,16-17,22H,1-4,6,9-11H2;2*1H. The van der Waals surface area contributed by atoms with E-state index in [9.17, 15) is 5.11 Å². The first-order chi connectivity index (χ1) is 10.7. The highest BCUT2D eigenvalue weighted by Gasteiger charge is 2.32. The van der Waals surface area contributed by atoms with Gasteiger partial charge in [-0.05, 0) is 32.0 Å². The van der Waals surface area contributed by atoms with E-state index in [1.807, 2.05) is 10.8 Å². The van der Waals surface area contributed by atoms with Gasteiger partial charge in [0, 0.05) is 32.0 Å². The maximum atomic E-state index is 10.6. The Morgan fingerprint density at radius 3 is 2.92 bits per heavy atom. The van der Waals surface area contributed by atoms with E-state index >= 15 is 0 Å². The van der Waals surface area contributed by atoms with E-state index in [1.165, 1.54) is 5.69 Å². The number of rotatable bonds is 3. The van der Waals surface area contributed by atoms with Gasteiger partial charge in [-0.3, -0.25) is 4.68 Å².